The van der Waals surface area contributed by atoms with Crippen LogP contribution in [0.5, 0.6) is 5.75 Å². The van der Waals surface area contributed by atoms with Gasteiger partial charge in [0.05, 0.1) is 13.2 Å². The van der Waals surface area contributed by atoms with E-state index in [1.165, 1.54) is 11.1 Å². The predicted molar refractivity (Wildman–Crippen MR) is 75.7 cm³/mol. The van der Waals surface area contributed by atoms with Crippen LogP contribution in [0.15, 0.2) is 18.2 Å². The maximum atomic E-state index is 5.76. The van der Waals surface area contributed by atoms with Crippen molar-refractivity contribution in [1.29, 1.82) is 0 Å². The summed E-state index contributed by atoms with van der Waals surface area (Å²) in [6.07, 6.45) is 1.14. The molecule has 0 bridgehead atoms. The fourth-order valence-electron chi connectivity index (χ4n) is 3.22. The first-order valence-corrected chi connectivity index (χ1v) is 7.14. The Morgan fingerprint density at radius 3 is 2.89 bits per heavy atom. The number of fused-ring (bicyclic) bond motifs is 1. The number of nitrogens with one attached hydrogen (secondary N) is 1. The molecule has 0 amide bonds. The van der Waals surface area contributed by atoms with Crippen LogP contribution in [0.3, 0.4) is 0 Å². The molecule has 19 heavy (non-hydrogen) atoms. The van der Waals surface area contributed by atoms with Crippen molar-refractivity contribution in [2.75, 3.05) is 26.9 Å². The number of hydrogen-bond donors (Lipinski definition) is 1. The van der Waals surface area contributed by atoms with Gasteiger partial charge >= 0.3 is 0 Å². The van der Waals surface area contributed by atoms with E-state index in [9.17, 15) is 0 Å². The first kappa shape index (κ1) is 12.9. The third kappa shape index (κ3) is 2.26. The highest BCUT2D eigenvalue weighted by Gasteiger charge is 2.33. The third-order valence-corrected chi connectivity index (χ3v) is 4.43. The van der Waals surface area contributed by atoms with Crippen molar-refractivity contribution in [3.63, 3.8) is 0 Å². The van der Waals surface area contributed by atoms with Crippen molar-refractivity contribution in [2.45, 2.75) is 31.7 Å². The number of hydrogen-bond acceptors (Lipinski definition) is 3. The van der Waals surface area contributed by atoms with Crippen molar-refractivity contribution in [3.8, 4) is 5.75 Å². The Kier molecular flexibility index (Phi) is 3.27. The van der Waals surface area contributed by atoms with Crippen LogP contribution in [0.4, 0.5) is 0 Å². The standard InChI is InChI=1S/C16H23NO2/c1-16(2)10-19-14-5-4-11(8-13(14)16)15(17-3)12-6-7-18-9-12/h4-5,8,12,15,17H,6-7,9-10H2,1-3H3. The summed E-state index contributed by atoms with van der Waals surface area (Å²) in [5, 5.41) is 3.46. The van der Waals surface area contributed by atoms with Crippen molar-refractivity contribution in [3.05, 3.63) is 29.3 Å². The Morgan fingerprint density at radius 2 is 2.21 bits per heavy atom. The molecule has 1 fully saturated rings. The van der Waals surface area contributed by atoms with Crippen LogP contribution in [0.1, 0.15) is 37.4 Å². The van der Waals surface area contributed by atoms with Gasteiger partial charge in [-0.05, 0) is 31.2 Å². The average molecular weight is 261 g/mol. The molecule has 2 unspecified atom stereocenters. The zero-order valence-electron chi connectivity index (χ0n) is 12.0. The number of benzene rings is 1. The molecule has 2 atom stereocenters. The topological polar surface area (TPSA) is 30.5 Å². The second kappa shape index (κ2) is 4.80. The van der Waals surface area contributed by atoms with Gasteiger partial charge in [-0.1, -0.05) is 19.9 Å². The largest absolute Gasteiger partial charge is 0.492 e. The van der Waals surface area contributed by atoms with Gasteiger partial charge in [0.25, 0.3) is 0 Å². The highest BCUT2D eigenvalue weighted by Crippen LogP contribution is 2.40. The Hall–Kier alpha value is -1.06. The van der Waals surface area contributed by atoms with E-state index >= 15 is 0 Å². The van der Waals surface area contributed by atoms with Crippen LogP contribution >= 0.6 is 0 Å². The molecule has 104 valence electrons. The zero-order chi connectivity index (χ0) is 13.5. The maximum Gasteiger partial charge on any atom is 0.123 e. The molecule has 3 nitrogen and oxygen atoms in total. The maximum absolute atomic E-state index is 5.76. The van der Waals surface area contributed by atoms with Crippen LogP contribution < -0.4 is 10.1 Å². The van der Waals surface area contributed by atoms with E-state index in [2.05, 4.69) is 37.4 Å². The van der Waals surface area contributed by atoms with E-state index in [0.717, 1.165) is 32.0 Å². The van der Waals surface area contributed by atoms with E-state index in [4.69, 9.17) is 9.47 Å². The summed E-state index contributed by atoms with van der Waals surface area (Å²) in [6, 6.07) is 7.02. The van der Waals surface area contributed by atoms with Gasteiger partial charge in [0, 0.05) is 29.5 Å². The molecule has 0 radical (unpaired) electrons. The molecule has 1 saturated heterocycles. The van der Waals surface area contributed by atoms with Crippen LogP contribution in [0, 0.1) is 5.92 Å². The highest BCUT2D eigenvalue weighted by atomic mass is 16.5. The number of rotatable bonds is 3. The van der Waals surface area contributed by atoms with Gasteiger partial charge in [0.15, 0.2) is 0 Å². The van der Waals surface area contributed by atoms with Gasteiger partial charge in [-0.15, -0.1) is 0 Å². The smallest absolute Gasteiger partial charge is 0.123 e. The van der Waals surface area contributed by atoms with Crippen molar-refractivity contribution in [1.82, 2.24) is 5.32 Å². The quantitative estimate of drug-likeness (QED) is 0.907. The third-order valence-electron chi connectivity index (χ3n) is 4.43. The van der Waals surface area contributed by atoms with Crippen molar-refractivity contribution in [2.24, 2.45) is 5.92 Å². The molecule has 0 saturated carbocycles. The summed E-state index contributed by atoms with van der Waals surface area (Å²) in [6.45, 7) is 7.03. The number of ether oxygens (including phenoxy) is 2. The summed E-state index contributed by atoms with van der Waals surface area (Å²) in [7, 11) is 2.04. The van der Waals surface area contributed by atoms with Crippen LogP contribution in [-0.2, 0) is 10.2 Å². The molecule has 0 aliphatic carbocycles. The molecule has 3 heteroatoms. The second-order valence-electron chi connectivity index (χ2n) is 6.32. The lowest BCUT2D eigenvalue weighted by Crippen LogP contribution is -2.26. The molecule has 2 heterocycles. The zero-order valence-corrected chi connectivity index (χ0v) is 12.0. The van der Waals surface area contributed by atoms with Crippen molar-refractivity contribution >= 4 is 0 Å². The summed E-state index contributed by atoms with van der Waals surface area (Å²) in [5.74, 6) is 1.62. The summed E-state index contributed by atoms with van der Waals surface area (Å²) >= 11 is 0. The molecular weight excluding hydrogens is 238 g/mol. The average Bonchev–Trinajstić information content (AvgIpc) is 3.00. The van der Waals surface area contributed by atoms with Crippen LogP contribution in [0.2, 0.25) is 0 Å². The van der Waals surface area contributed by atoms with Gasteiger partial charge in [0.2, 0.25) is 0 Å². The molecule has 3 rings (SSSR count). The SMILES string of the molecule is CNC(c1ccc2c(c1)C(C)(C)CO2)C1CCOC1. The van der Waals surface area contributed by atoms with Gasteiger partial charge in [-0.3, -0.25) is 0 Å². The Bertz CT molecular complexity index is 464. The molecule has 1 N–H and O–H groups in total. The Labute approximate surface area is 115 Å². The fraction of sp³-hybridized carbons (Fsp3) is 0.625. The fourth-order valence-corrected chi connectivity index (χ4v) is 3.22. The molecule has 0 spiro atoms. The van der Waals surface area contributed by atoms with E-state index < -0.39 is 0 Å². The monoisotopic (exact) mass is 261 g/mol. The van der Waals surface area contributed by atoms with Crippen molar-refractivity contribution < 1.29 is 9.47 Å². The lowest BCUT2D eigenvalue weighted by Gasteiger charge is -2.24. The summed E-state index contributed by atoms with van der Waals surface area (Å²) < 4.78 is 11.3. The Morgan fingerprint density at radius 1 is 1.37 bits per heavy atom. The molecule has 2 aliphatic heterocycles. The van der Waals surface area contributed by atoms with E-state index in [-0.39, 0.29) is 5.41 Å². The minimum Gasteiger partial charge on any atom is -0.492 e. The minimum atomic E-state index is 0.121. The van der Waals surface area contributed by atoms with Crippen LogP contribution in [-0.4, -0.2) is 26.9 Å². The summed E-state index contributed by atoms with van der Waals surface area (Å²) in [5.41, 5.74) is 2.81. The van der Waals surface area contributed by atoms with E-state index in [0.29, 0.717) is 12.0 Å². The van der Waals surface area contributed by atoms with Crippen LogP contribution in [0.25, 0.3) is 0 Å². The van der Waals surface area contributed by atoms with Gasteiger partial charge < -0.3 is 14.8 Å². The lowest BCUT2D eigenvalue weighted by molar-refractivity contribution is 0.178. The predicted octanol–water partition coefficient (Wildman–Crippen LogP) is 2.65. The molecule has 2 aliphatic rings. The van der Waals surface area contributed by atoms with E-state index in [1.54, 1.807) is 0 Å². The van der Waals surface area contributed by atoms with Gasteiger partial charge in [-0.2, -0.15) is 0 Å². The minimum absolute atomic E-state index is 0.121. The molecule has 0 aromatic heterocycles. The first-order chi connectivity index (χ1) is 9.12. The summed E-state index contributed by atoms with van der Waals surface area (Å²) in [4.78, 5) is 0. The normalized spacial score (nSPS) is 25.9. The second-order valence-corrected chi connectivity index (χ2v) is 6.32. The molecule has 1 aromatic rings. The highest BCUT2D eigenvalue weighted by molar-refractivity contribution is 5.46. The lowest BCUT2D eigenvalue weighted by atomic mass is 9.83. The Balaban J connectivity index is 1.92. The molecule has 1 aromatic carbocycles. The molecular formula is C16H23NO2. The van der Waals surface area contributed by atoms with Gasteiger partial charge in [-0.25, -0.2) is 0 Å². The van der Waals surface area contributed by atoms with Gasteiger partial charge in [0.1, 0.15) is 5.75 Å². The van der Waals surface area contributed by atoms with E-state index in [1.807, 2.05) is 7.05 Å². The first-order valence-electron chi connectivity index (χ1n) is 7.14.